The van der Waals surface area contributed by atoms with Crippen molar-refractivity contribution in [1.29, 1.82) is 0 Å². The molecule has 126 valence electrons. The van der Waals surface area contributed by atoms with Gasteiger partial charge in [-0.05, 0) is 52.8 Å². The van der Waals surface area contributed by atoms with Crippen molar-refractivity contribution in [2.24, 2.45) is 0 Å². The van der Waals surface area contributed by atoms with E-state index in [1.807, 2.05) is 46.8 Å². The minimum Gasteiger partial charge on any atom is -0.398 e. The van der Waals surface area contributed by atoms with Gasteiger partial charge >= 0.3 is 7.12 Å². The molecular weight excluding hydrogens is 308 g/mol. The zero-order valence-corrected chi connectivity index (χ0v) is 14.6. The Labute approximate surface area is 141 Å². The normalized spacial score (nSPS) is 19.8. The van der Waals surface area contributed by atoms with Crippen LogP contribution in [0.4, 0.5) is 4.39 Å². The van der Waals surface area contributed by atoms with Crippen LogP contribution in [-0.4, -0.2) is 33.5 Å². The van der Waals surface area contributed by atoms with Crippen LogP contribution in [-0.2, 0) is 9.31 Å². The summed E-state index contributed by atoms with van der Waals surface area (Å²) in [6.45, 7) is 9.43. The highest BCUT2D eigenvalue weighted by molar-refractivity contribution is 6.54. The third-order valence-electron chi connectivity index (χ3n) is 4.71. The summed E-state index contributed by atoms with van der Waals surface area (Å²) in [6.07, 6.45) is 4.78. The molecule has 0 aromatic carbocycles. The van der Waals surface area contributed by atoms with E-state index in [0.717, 1.165) is 11.3 Å². The number of aromatic nitrogens is 3. The molecule has 0 amide bonds. The minimum absolute atomic E-state index is 0.478. The van der Waals surface area contributed by atoms with Gasteiger partial charge in [-0.25, -0.2) is 4.39 Å². The molecule has 2 aromatic heterocycles. The summed E-state index contributed by atoms with van der Waals surface area (Å²) in [5, 5.41) is 7.18. The number of hydrogen-bond donors (Lipinski definition) is 1. The highest BCUT2D eigenvalue weighted by Crippen LogP contribution is 2.39. The van der Waals surface area contributed by atoms with Crippen LogP contribution in [0.15, 0.2) is 30.3 Å². The van der Waals surface area contributed by atoms with Crippen LogP contribution in [0, 0.1) is 6.92 Å². The molecule has 0 unspecified atom stereocenters. The van der Waals surface area contributed by atoms with E-state index in [-0.39, 0.29) is 0 Å². The first-order valence-electron chi connectivity index (χ1n) is 7.89. The number of halogens is 1. The van der Waals surface area contributed by atoms with Gasteiger partial charge in [0.05, 0.1) is 16.9 Å². The summed E-state index contributed by atoms with van der Waals surface area (Å²) in [5.41, 5.74) is 1.34. The molecule has 2 aromatic rings. The maximum Gasteiger partial charge on any atom is 0.525 e. The van der Waals surface area contributed by atoms with Gasteiger partial charge < -0.3 is 9.31 Å². The average Bonchev–Trinajstić information content (AvgIpc) is 2.98. The van der Waals surface area contributed by atoms with E-state index < -0.39 is 24.0 Å². The predicted octanol–water partition coefficient (Wildman–Crippen LogP) is 3.72. The first kappa shape index (κ1) is 16.9. The molecule has 5 nitrogen and oxygen atoms in total. The van der Waals surface area contributed by atoms with E-state index in [1.54, 1.807) is 12.4 Å². The smallest absolute Gasteiger partial charge is 0.398 e. The monoisotopic (exact) mass is 329 g/mol. The highest BCUT2D eigenvalue weighted by Gasteiger charge is 2.53. The number of rotatable bonds is 3. The Morgan fingerprint density at radius 2 is 1.75 bits per heavy atom. The lowest BCUT2D eigenvalue weighted by Gasteiger charge is -2.32. The van der Waals surface area contributed by atoms with Gasteiger partial charge in [-0.2, -0.15) is 5.10 Å². The molecule has 0 bridgehead atoms. The Morgan fingerprint density at radius 1 is 1.17 bits per heavy atom. The maximum absolute atomic E-state index is 14.8. The second-order valence-electron chi connectivity index (χ2n) is 6.96. The largest absolute Gasteiger partial charge is 0.525 e. The molecule has 0 radical (unpaired) electrons. The molecule has 3 heterocycles. The van der Waals surface area contributed by atoms with Gasteiger partial charge in [0.1, 0.15) is 5.73 Å². The number of pyridine rings is 1. The Balaban J connectivity index is 1.94. The van der Waals surface area contributed by atoms with E-state index in [2.05, 4.69) is 15.2 Å². The number of H-pyrrole nitrogens is 1. The lowest BCUT2D eigenvalue weighted by Crippen LogP contribution is -2.41. The summed E-state index contributed by atoms with van der Waals surface area (Å²) in [4.78, 5) is 4.00. The molecule has 1 saturated heterocycles. The Morgan fingerprint density at radius 3 is 2.33 bits per heavy atom. The molecule has 1 fully saturated rings. The van der Waals surface area contributed by atoms with Crippen molar-refractivity contribution >= 4 is 13.2 Å². The van der Waals surface area contributed by atoms with Crippen LogP contribution in [0.3, 0.4) is 0 Å². The molecule has 1 aliphatic heterocycles. The van der Waals surface area contributed by atoms with Gasteiger partial charge in [-0.1, -0.05) is 0 Å². The van der Waals surface area contributed by atoms with Crippen molar-refractivity contribution in [1.82, 2.24) is 15.2 Å². The summed E-state index contributed by atoms with van der Waals surface area (Å²) < 4.78 is 26.3. The van der Waals surface area contributed by atoms with Gasteiger partial charge in [0.2, 0.25) is 0 Å². The summed E-state index contributed by atoms with van der Waals surface area (Å²) >= 11 is 0. The van der Waals surface area contributed by atoms with E-state index in [1.165, 1.54) is 6.08 Å². The van der Waals surface area contributed by atoms with Crippen LogP contribution >= 0.6 is 0 Å². The lowest BCUT2D eigenvalue weighted by atomic mass is 9.86. The van der Waals surface area contributed by atoms with Crippen molar-refractivity contribution in [3.63, 3.8) is 0 Å². The predicted molar refractivity (Wildman–Crippen MR) is 91.7 cm³/mol. The number of aromatic amines is 1. The SMILES string of the molecule is Cc1[nH]nc(-c2ccncc2)c1C=C(F)B1OC(C)(C)C(C)(C)O1. The third kappa shape index (κ3) is 2.89. The maximum atomic E-state index is 14.8. The standard InChI is InChI=1S/C17H21BFN3O2/c1-11-13(15(22-21-11)12-6-8-20-9-7-12)10-14(19)18-23-16(2,3)17(4,5)24-18/h6-10H,1-5H3,(H,21,22). The number of hydrogen-bond acceptors (Lipinski definition) is 4. The molecule has 1 aliphatic rings. The Bertz CT molecular complexity index is 755. The fourth-order valence-corrected chi connectivity index (χ4v) is 2.51. The number of nitrogens with zero attached hydrogens (tertiary/aromatic N) is 2. The van der Waals surface area contributed by atoms with Crippen molar-refractivity contribution < 1.29 is 13.7 Å². The van der Waals surface area contributed by atoms with Crippen LogP contribution in [0.25, 0.3) is 17.3 Å². The van der Waals surface area contributed by atoms with Gasteiger partial charge in [0.15, 0.2) is 0 Å². The summed E-state index contributed by atoms with van der Waals surface area (Å²) in [6, 6.07) is 3.67. The summed E-state index contributed by atoms with van der Waals surface area (Å²) in [7, 11) is -1.02. The second-order valence-corrected chi connectivity index (χ2v) is 6.96. The zero-order valence-electron chi connectivity index (χ0n) is 14.6. The van der Waals surface area contributed by atoms with Crippen LogP contribution in [0.2, 0.25) is 0 Å². The Hall–Kier alpha value is -1.99. The van der Waals surface area contributed by atoms with Crippen LogP contribution < -0.4 is 0 Å². The van der Waals surface area contributed by atoms with E-state index in [0.29, 0.717) is 11.3 Å². The average molecular weight is 329 g/mol. The fourth-order valence-electron chi connectivity index (χ4n) is 2.51. The van der Waals surface area contributed by atoms with E-state index in [9.17, 15) is 4.39 Å². The van der Waals surface area contributed by atoms with Gasteiger partial charge in [-0.15, -0.1) is 0 Å². The molecular formula is C17H21BFN3O2. The number of nitrogens with one attached hydrogen (secondary N) is 1. The van der Waals surface area contributed by atoms with Crippen molar-refractivity contribution in [2.45, 2.75) is 45.8 Å². The molecule has 1 N–H and O–H groups in total. The van der Waals surface area contributed by atoms with Crippen molar-refractivity contribution in [3.8, 4) is 11.3 Å². The van der Waals surface area contributed by atoms with Gasteiger partial charge in [-0.3, -0.25) is 10.1 Å². The first-order valence-corrected chi connectivity index (χ1v) is 7.89. The highest BCUT2D eigenvalue weighted by atomic mass is 19.1. The molecule has 0 spiro atoms. The molecule has 3 rings (SSSR count). The van der Waals surface area contributed by atoms with Gasteiger partial charge in [0.25, 0.3) is 0 Å². The molecule has 0 atom stereocenters. The number of aryl methyl sites for hydroxylation is 1. The topological polar surface area (TPSA) is 60.0 Å². The van der Waals surface area contributed by atoms with Crippen LogP contribution in [0.5, 0.6) is 0 Å². The molecule has 24 heavy (non-hydrogen) atoms. The summed E-state index contributed by atoms with van der Waals surface area (Å²) in [5.74, 6) is 0. The van der Waals surface area contributed by atoms with Crippen molar-refractivity contribution in [2.75, 3.05) is 0 Å². The zero-order chi connectivity index (χ0) is 17.5. The molecule has 0 aliphatic carbocycles. The lowest BCUT2D eigenvalue weighted by molar-refractivity contribution is 0.00578. The fraction of sp³-hybridized carbons (Fsp3) is 0.412. The quantitative estimate of drug-likeness (QED) is 0.872. The molecule has 7 heteroatoms. The van der Waals surface area contributed by atoms with Crippen LogP contribution in [0.1, 0.15) is 39.0 Å². The van der Waals surface area contributed by atoms with E-state index >= 15 is 0 Å². The molecule has 0 saturated carbocycles. The minimum atomic E-state index is -1.02. The second kappa shape index (κ2) is 5.83. The van der Waals surface area contributed by atoms with Gasteiger partial charge in [0, 0.05) is 29.2 Å². The first-order chi connectivity index (χ1) is 11.2. The van der Waals surface area contributed by atoms with Crippen molar-refractivity contribution in [3.05, 3.63) is 41.5 Å². The third-order valence-corrected chi connectivity index (χ3v) is 4.71. The Kier molecular flexibility index (Phi) is 4.09. The van der Waals surface area contributed by atoms with E-state index in [4.69, 9.17) is 9.31 Å².